The summed E-state index contributed by atoms with van der Waals surface area (Å²) in [5.41, 5.74) is 6.48. The molecule has 80 valence electrons. The van der Waals surface area contributed by atoms with Crippen molar-refractivity contribution in [2.45, 2.75) is 19.4 Å². The van der Waals surface area contributed by atoms with Crippen LogP contribution in [0.5, 0.6) is 5.75 Å². The molecule has 0 aliphatic heterocycles. The van der Waals surface area contributed by atoms with Gasteiger partial charge in [0.25, 0.3) is 0 Å². The van der Waals surface area contributed by atoms with Crippen LogP contribution >= 0.6 is 39.9 Å². The molecule has 2 nitrogen and oxygen atoms in total. The third-order valence-electron chi connectivity index (χ3n) is 1.90. The molecule has 0 bridgehead atoms. The fourth-order valence-corrected chi connectivity index (χ4v) is 1.92. The maximum atomic E-state index is 9.64. The smallest absolute Gasteiger partial charge is 0.134 e. The van der Waals surface area contributed by atoms with E-state index in [-0.39, 0.29) is 24.2 Å². The van der Waals surface area contributed by atoms with E-state index in [0.717, 1.165) is 6.42 Å². The molecule has 0 fully saturated rings. The summed E-state index contributed by atoms with van der Waals surface area (Å²) < 4.78 is 0.582. The Morgan fingerprint density at radius 3 is 2.64 bits per heavy atom. The van der Waals surface area contributed by atoms with E-state index in [9.17, 15) is 5.11 Å². The SMILES string of the molecule is CC[C@H](N)c1cc(Cl)cc(Br)c1O.Cl. The summed E-state index contributed by atoms with van der Waals surface area (Å²) in [6.07, 6.45) is 0.764. The van der Waals surface area contributed by atoms with Crippen molar-refractivity contribution < 1.29 is 5.11 Å². The number of phenols is 1. The first-order chi connectivity index (χ1) is 6.06. The highest BCUT2D eigenvalue weighted by Gasteiger charge is 2.12. The van der Waals surface area contributed by atoms with E-state index in [1.54, 1.807) is 12.1 Å². The maximum absolute atomic E-state index is 9.64. The molecule has 1 atom stereocenters. The van der Waals surface area contributed by atoms with Crippen LogP contribution in [0.3, 0.4) is 0 Å². The average molecular weight is 301 g/mol. The van der Waals surface area contributed by atoms with Gasteiger partial charge in [-0.2, -0.15) is 0 Å². The molecule has 0 radical (unpaired) electrons. The van der Waals surface area contributed by atoms with Gasteiger partial charge in [0.05, 0.1) is 4.47 Å². The quantitative estimate of drug-likeness (QED) is 0.876. The molecule has 0 aliphatic rings. The van der Waals surface area contributed by atoms with E-state index in [0.29, 0.717) is 15.1 Å². The highest BCUT2D eigenvalue weighted by Crippen LogP contribution is 2.35. The second-order valence-corrected chi connectivity index (χ2v) is 4.13. The number of halogens is 3. The standard InChI is InChI=1S/C9H11BrClNO.ClH/c1-2-8(12)6-3-5(11)4-7(10)9(6)13;/h3-4,8,13H,2,12H2,1H3;1H/t8-;/m0./s1. The van der Waals surface area contributed by atoms with Crippen molar-refractivity contribution in [2.75, 3.05) is 0 Å². The third-order valence-corrected chi connectivity index (χ3v) is 2.72. The minimum atomic E-state index is -0.171. The maximum Gasteiger partial charge on any atom is 0.134 e. The molecule has 0 heterocycles. The van der Waals surface area contributed by atoms with Crippen LogP contribution in [0, 0.1) is 0 Å². The van der Waals surface area contributed by atoms with Crippen molar-refractivity contribution in [3.8, 4) is 5.75 Å². The number of benzene rings is 1. The third kappa shape index (κ3) is 3.02. The summed E-state index contributed by atoms with van der Waals surface area (Å²) in [5, 5.41) is 10.2. The number of rotatable bonds is 2. The van der Waals surface area contributed by atoms with Gasteiger partial charge in [0.15, 0.2) is 0 Å². The molecule has 1 aromatic carbocycles. The molecule has 0 spiro atoms. The van der Waals surface area contributed by atoms with Crippen LogP contribution in [0.2, 0.25) is 5.02 Å². The van der Waals surface area contributed by atoms with E-state index in [1.807, 2.05) is 6.92 Å². The normalized spacial score (nSPS) is 12.0. The molecule has 1 rings (SSSR count). The molecule has 1 aromatic rings. The highest BCUT2D eigenvalue weighted by atomic mass is 79.9. The molecule has 0 aliphatic carbocycles. The lowest BCUT2D eigenvalue weighted by molar-refractivity contribution is 0.457. The second-order valence-electron chi connectivity index (χ2n) is 2.84. The number of aromatic hydroxyl groups is 1. The zero-order valence-electron chi connectivity index (χ0n) is 7.63. The minimum absolute atomic E-state index is 0. The fraction of sp³-hybridized carbons (Fsp3) is 0.333. The number of phenolic OH excluding ortho intramolecular Hbond substituents is 1. The molecule has 3 N–H and O–H groups in total. The van der Waals surface area contributed by atoms with E-state index in [1.165, 1.54) is 0 Å². The fourth-order valence-electron chi connectivity index (χ4n) is 1.09. The van der Waals surface area contributed by atoms with Crippen molar-refractivity contribution in [3.63, 3.8) is 0 Å². The first-order valence-corrected chi connectivity index (χ1v) is 5.16. The van der Waals surface area contributed by atoms with Crippen molar-refractivity contribution in [1.29, 1.82) is 0 Å². The van der Waals surface area contributed by atoms with Gasteiger partial charge in [-0.15, -0.1) is 12.4 Å². The summed E-state index contributed by atoms with van der Waals surface area (Å²) in [4.78, 5) is 0. The van der Waals surface area contributed by atoms with Crippen LogP contribution in [-0.2, 0) is 0 Å². The predicted octanol–water partition coefficient (Wildman–Crippen LogP) is 3.64. The monoisotopic (exact) mass is 299 g/mol. The molecule has 0 amide bonds. The number of hydrogen-bond acceptors (Lipinski definition) is 2. The van der Waals surface area contributed by atoms with Gasteiger partial charge >= 0.3 is 0 Å². The van der Waals surface area contributed by atoms with Crippen LogP contribution < -0.4 is 5.73 Å². The lowest BCUT2D eigenvalue weighted by atomic mass is 10.0. The van der Waals surface area contributed by atoms with Crippen LogP contribution in [0.1, 0.15) is 24.9 Å². The van der Waals surface area contributed by atoms with Crippen molar-refractivity contribution in [3.05, 3.63) is 27.2 Å². The van der Waals surface area contributed by atoms with E-state index in [4.69, 9.17) is 17.3 Å². The lowest BCUT2D eigenvalue weighted by Crippen LogP contribution is -2.08. The number of nitrogens with two attached hydrogens (primary N) is 1. The van der Waals surface area contributed by atoms with Crippen molar-refractivity contribution in [1.82, 2.24) is 0 Å². The molecule has 0 saturated heterocycles. The Morgan fingerprint density at radius 2 is 2.14 bits per heavy atom. The van der Waals surface area contributed by atoms with Gasteiger partial charge in [0, 0.05) is 16.6 Å². The van der Waals surface area contributed by atoms with Gasteiger partial charge in [-0.25, -0.2) is 0 Å². The van der Waals surface area contributed by atoms with Gasteiger partial charge in [0.2, 0.25) is 0 Å². The molecule has 5 heteroatoms. The molecule has 0 unspecified atom stereocenters. The van der Waals surface area contributed by atoms with Crippen molar-refractivity contribution in [2.24, 2.45) is 5.73 Å². The second kappa shape index (κ2) is 5.81. The Morgan fingerprint density at radius 1 is 1.57 bits per heavy atom. The van der Waals surface area contributed by atoms with E-state index < -0.39 is 0 Å². The summed E-state index contributed by atoms with van der Waals surface area (Å²) in [5.74, 6) is 0.179. The summed E-state index contributed by atoms with van der Waals surface area (Å²) in [7, 11) is 0. The Bertz CT molecular complexity index is 320. The van der Waals surface area contributed by atoms with E-state index >= 15 is 0 Å². The van der Waals surface area contributed by atoms with Crippen LogP contribution in [-0.4, -0.2) is 5.11 Å². The lowest BCUT2D eigenvalue weighted by Gasteiger charge is -2.12. The Balaban J connectivity index is 0.00000169. The van der Waals surface area contributed by atoms with Gasteiger partial charge in [-0.1, -0.05) is 18.5 Å². The molecular weight excluding hydrogens is 289 g/mol. The summed E-state index contributed by atoms with van der Waals surface area (Å²) in [6, 6.07) is 3.16. The summed E-state index contributed by atoms with van der Waals surface area (Å²) >= 11 is 9.03. The molecule has 14 heavy (non-hydrogen) atoms. The largest absolute Gasteiger partial charge is 0.506 e. The van der Waals surface area contributed by atoms with Gasteiger partial charge < -0.3 is 10.8 Å². The highest BCUT2D eigenvalue weighted by molar-refractivity contribution is 9.10. The zero-order chi connectivity index (χ0) is 10.0. The predicted molar refractivity (Wildman–Crippen MR) is 65.3 cm³/mol. The Kier molecular flexibility index (Phi) is 5.83. The van der Waals surface area contributed by atoms with Crippen LogP contribution in [0.15, 0.2) is 16.6 Å². The molecule has 0 saturated carbocycles. The minimum Gasteiger partial charge on any atom is -0.506 e. The van der Waals surface area contributed by atoms with E-state index in [2.05, 4.69) is 15.9 Å². The van der Waals surface area contributed by atoms with Crippen LogP contribution in [0.25, 0.3) is 0 Å². The Labute approximate surface area is 103 Å². The summed E-state index contributed by atoms with van der Waals surface area (Å²) in [6.45, 7) is 1.96. The van der Waals surface area contributed by atoms with Crippen molar-refractivity contribution >= 4 is 39.9 Å². The van der Waals surface area contributed by atoms with Crippen LogP contribution in [0.4, 0.5) is 0 Å². The van der Waals surface area contributed by atoms with Gasteiger partial charge in [-0.3, -0.25) is 0 Å². The van der Waals surface area contributed by atoms with Gasteiger partial charge in [-0.05, 0) is 34.5 Å². The topological polar surface area (TPSA) is 46.2 Å². The first kappa shape index (κ1) is 14.0. The zero-order valence-corrected chi connectivity index (χ0v) is 10.8. The first-order valence-electron chi connectivity index (χ1n) is 3.99. The molecular formula is C9H12BrCl2NO. The Hall–Kier alpha value is 0.0400. The average Bonchev–Trinajstić information content (AvgIpc) is 2.10. The van der Waals surface area contributed by atoms with Gasteiger partial charge in [0.1, 0.15) is 5.75 Å². The molecule has 0 aromatic heterocycles. The number of hydrogen-bond donors (Lipinski definition) is 2.